The minimum atomic E-state index is -0.161. The quantitative estimate of drug-likeness (QED) is 0.514. The lowest BCUT2D eigenvalue weighted by atomic mass is 9.79. The van der Waals surface area contributed by atoms with E-state index in [0.29, 0.717) is 5.92 Å². The minimum absolute atomic E-state index is 0.161. The van der Waals surface area contributed by atoms with Crippen molar-refractivity contribution in [3.63, 3.8) is 0 Å². The van der Waals surface area contributed by atoms with Crippen molar-refractivity contribution in [2.24, 2.45) is 11.8 Å². The molecular weight excluding hydrogens is 152 g/mol. The maximum absolute atomic E-state index is 10.9. The molecule has 3 unspecified atom stereocenters. The van der Waals surface area contributed by atoms with Gasteiger partial charge in [0.05, 0.1) is 0 Å². The van der Waals surface area contributed by atoms with E-state index >= 15 is 0 Å². The molecule has 12 heavy (non-hydrogen) atoms. The Morgan fingerprint density at radius 2 is 2.33 bits per heavy atom. The number of rotatable bonds is 0. The number of hydrogen-bond acceptors (Lipinski definition) is 2. The Labute approximate surface area is 72.6 Å². The van der Waals surface area contributed by atoms with Crippen molar-refractivity contribution in [2.75, 3.05) is 0 Å². The average Bonchev–Trinajstić information content (AvgIpc) is 2.05. The van der Waals surface area contributed by atoms with Crippen molar-refractivity contribution < 1.29 is 9.53 Å². The minimum Gasteiger partial charge on any atom is -0.459 e. The van der Waals surface area contributed by atoms with E-state index in [9.17, 15) is 4.79 Å². The maximum Gasteiger partial charge on any atom is 0.330 e. The molecule has 1 fully saturated rings. The predicted molar refractivity (Wildman–Crippen MR) is 45.5 cm³/mol. The largest absolute Gasteiger partial charge is 0.459 e. The number of fused-ring (bicyclic) bond motifs is 1. The number of hydrogen-bond donors (Lipinski definition) is 0. The smallest absolute Gasteiger partial charge is 0.330 e. The first-order chi connectivity index (χ1) is 5.75. The highest BCUT2D eigenvalue weighted by molar-refractivity contribution is 5.83. The van der Waals surface area contributed by atoms with Crippen LogP contribution in [0.3, 0.4) is 0 Å². The number of esters is 1. The van der Waals surface area contributed by atoms with E-state index in [1.165, 1.54) is 12.8 Å². The third-order valence-electron chi connectivity index (χ3n) is 2.84. The molecule has 0 aromatic carbocycles. The third-order valence-corrected chi connectivity index (χ3v) is 2.84. The predicted octanol–water partition coefficient (Wildman–Crippen LogP) is 1.90. The van der Waals surface area contributed by atoms with Crippen LogP contribution in [0.25, 0.3) is 0 Å². The van der Waals surface area contributed by atoms with Gasteiger partial charge >= 0.3 is 5.97 Å². The zero-order valence-corrected chi connectivity index (χ0v) is 7.32. The van der Waals surface area contributed by atoms with Crippen molar-refractivity contribution >= 4 is 5.97 Å². The van der Waals surface area contributed by atoms with Crippen LogP contribution in [0, 0.1) is 11.8 Å². The van der Waals surface area contributed by atoms with Gasteiger partial charge in [0.2, 0.25) is 0 Å². The van der Waals surface area contributed by atoms with Gasteiger partial charge in [0.15, 0.2) is 0 Å². The summed E-state index contributed by atoms with van der Waals surface area (Å²) in [6.07, 6.45) is 7.18. The van der Waals surface area contributed by atoms with Crippen LogP contribution < -0.4 is 0 Å². The summed E-state index contributed by atoms with van der Waals surface area (Å²) in [5, 5.41) is 0. The molecule has 1 heterocycles. The van der Waals surface area contributed by atoms with Gasteiger partial charge in [-0.2, -0.15) is 0 Å². The van der Waals surface area contributed by atoms with Gasteiger partial charge in [0.25, 0.3) is 0 Å². The van der Waals surface area contributed by atoms with E-state index in [1.54, 1.807) is 6.08 Å². The van der Waals surface area contributed by atoms with Crippen LogP contribution in [-0.4, -0.2) is 12.1 Å². The summed E-state index contributed by atoms with van der Waals surface area (Å²) in [7, 11) is 0. The summed E-state index contributed by atoms with van der Waals surface area (Å²) < 4.78 is 5.21. The molecular formula is C10H14O2. The molecule has 0 amide bonds. The maximum atomic E-state index is 10.9. The van der Waals surface area contributed by atoms with E-state index in [-0.39, 0.29) is 12.1 Å². The van der Waals surface area contributed by atoms with Gasteiger partial charge in [0, 0.05) is 12.0 Å². The van der Waals surface area contributed by atoms with Gasteiger partial charge in [-0.25, -0.2) is 4.79 Å². The molecule has 0 aromatic rings. The Balaban J connectivity index is 2.09. The van der Waals surface area contributed by atoms with Crippen LogP contribution in [0.2, 0.25) is 0 Å². The first-order valence-corrected chi connectivity index (χ1v) is 4.64. The molecule has 2 heteroatoms. The van der Waals surface area contributed by atoms with Gasteiger partial charge in [-0.15, -0.1) is 0 Å². The second-order valence-electron chi connectivity index (χ2n) is 3.92. The molecule has 2 nitrogen and oxygen atoms in total. The van der Waals surface area contributed by atoms with Crippen LogP contribution >= 0.6 is 0 Å². The fourth-order valence-corrected chi connectivity index (χ4v) is 2.14. The molecule has 2 aliphatic rings. The molecule has 0 saturated heterocycles. The first-order valence-electron chi connectivity index (χ1n) is 4.64. The first kappa shape index (κ1) is 7.84. The fraction of sp³-hybridized carbons (Fsp3) is 0.700. The summed E-state index contributed by atoms with van der Waals surface area (Å²) in [6.45, 7) is 2.26. The Bertz CT molecular complexity index is 220. The van der Waals surface area contributed by atoms with E-state index in [2.05, 4.69) is 6.92 Å². The highest BCUT2D eigenvalue weighted by atomic mass is 16.5. The second-order valence-corrected chi connectivity index (χ2v) is 3.92. The molecule has 0 radical (unpaired) electrons. The summed E-state index contributed by atoms with van der Waals surface area (Å²) >= 11 is 0. The van der Waals surface area contributed by atoms with Crippen molar-refractivity contribution in [1.82, 2.24) is 0 Å². The van der Waals surface area contributed by atoms with Gasteiger partial charge in [-0.1, -0.05) is 13.0 Å². The number of ether oxygens (including phenoxy) is 1. The van der Waals surface area contributed by atoms with Gasteiger partial charge in [-0.05, 0) is 25.2 Å². The Kier molecular flexibility index (Phi) is 1.91. The van der Waals surface area contributed by atoms with Gasteiger partial charge < -0.3 is 4.74 Å². The molecule has 0 N–H and O–H groups in total. The fourth-order valence-electron chi connectivity index (χ4n) is 2.14. The third kappa shape index (κ3) is 1.38. The molecule has 2 rings (SSSR count). The van der Waals surface area contributed by atoms with Crippen molar-refractivity contribution in [2.45, 2.75) is 32.3 Å². The molecule has 1 aliphatic carbocycles. The molecule has 0 bridgehead atoms. The van der Waals surface area contributed by atoms with Crippen LogP contribution in [-0.2, 0) is 9.53 Å². The molecule has 1 aliphatic heterocycles. The zero-order valence-electron chi connectivity index (χ0n) is 7.32. The number of carbonyl (C=O) groups excluding carboxylic acids is 1. The van der Waals surface area contributed by atoms with Crippen molar-refractivity contribution in [1.29, 1.82) is 0 Å². The van der Waals surface area contributed by atoms with E-state index in [0.717, 1.165) is 12.3 Å². The SMILES string of the molecule is CC1CCC2OC(=O)C=CC2C1. The molecule has 0 spiro atoms. The number of carbonyl (C=O) groups is 1. The van der Waals surface area contributed by atoms with Crippen LogP contribution in [0.15, 0.2) is 12.2 Å². The standard InChI is InChI=1S/C10H14O2/c1-7-2-4-9-8(6-7)3-5-10(11)12-9/h3,5,7-9H,2,4,6H2,1H3. The van der Waals surface area contributed by atoms with E-state index in [4.69, 9.17) is 4.74 Å². The van der Waals surface area contributed by atoms with Gasteiger partial charge in [-0.3, -0.25) is 0 Å². The topological polar surface area (TPSA) is 26.3 Å². The molecule has 3 atom stereocenters. The second kappa shape index (κ2) is 2.92. The lowest BCUT2D eigenvalue weighted by Crippen LogP contribution is -2.33. The van der Waals surface area contributed by atoms with Crippen LogP contribution in [0.1, 0.15) is 26.2 Å². The zero-order chi connectivity index (χ0) is 8.55. The summed E-state index contributed by atoms with van der Waals surface area (Å²) in [5.74, 6) is 1.12. The highest BCUT2D eigenvalue weighted by Crippen LogP contribution is 2.33. The normalized spacial score (nSPS) is 40.4. The molecule has 0 aromatic heterocycles. The highest BCUT2D eigenvalue weighted by Gasteiger charge is 2.31. The molecule has 66 valence electrons. The summed E-state index contributed by atoms with van der Waals surface area (Å²) in [4.78, 5) is 10.9. The Hall–Kier alpha value is -0.790. The van der Waals surface area contributed by atoms with E-state index in [1.807, 2.05) is 6.08 Å². The average molecular weight is 166 g/mol. The molecule has 1 saturated carbocycles. The van der Waals surface area contributed by atoms with Crippen LogP contribution in [0.4, 0.5) is 0 Å². The lowest BCUT2D eigenvalue weighted by molar-refractivity contribution is -0.148. The summed E-state index contributed by atoms with van der Waals surface area (Å²) in [6, 6.07) is 0. The van der Waals surface area contributed by atoms with Crippen molar-refractivity contribution in [3.8, 4) is 0 Å². The summed E-state index contributed by atoms with van der Waals surface area (Å²) in [5.41, 5.74) is 0. The van der Waals surface area contributed by atoms with Crippen molar-refractivity contribution in [3.05, 3.63) is 12.2 Å². The van der Waals surface area contributed by atoms with Crippen LogP contribution in [0.5, 0.6) is 0 Å². The monoisotopic (exact) mass is 166 g/mol. The van der Waals surface area contributed by atoms with Gasteiger partial charge in [0.1, 0.15) is 6.10 Å². The Morgan fingerprint density at radius 1 is 1.50 bits per heavy atom. The lowest BCUT2D eigenvalue weighted by Gasteiger charge is -2.34. The Morgan fingerprint density at radius 3 is 3.17 bits per heavy atom. The van der Waals surface area contributed by atoms with E-state index < -0.39 is 0 Å².